The highest BCUT2D eigenvalue weighted by atomic mass is 16.5. The highest BCUT2D eigenvalue weighted by Gasteiger charge is 2.35. The molecule has 3 heterocycles. The molecule has 0 saturated carbocycles. The molecule has 3 rings (SSSR count). The number of likely N-dealkylation sites (N-methyl/N-ethyl adjacent to an activating group) is 1. The standard InChI is InChI=1S/C14H25N3O2/c1-2-16-7-8-19-13(10-16)14(18)17-6-5-11-3-4-12(9-17)15-11/h11-13,15H,2-10H2,1H3. The summed E-state index contributed by atoms with van der Waals surface area (Å²) < 4.78 is 5.69. The second-order valence-corrected chi connectivity index (χ2v) is 5.96. The molecule has 0 aromatic carbocycles. The summed E-state index contributed by atoms with van der Waals surface area (Å²) in [5.74, 6) is 0.201. The van der Waals surface area contributed by atoms with Crippen LogP contribution in [0.5, 0.6) is 0 Å². The lowest BCUT2D eigenvalue weighted by molar-refractivity contribution is -0.149. The van der Waals surface area contributed by atoms with Gasteiger partial charge >= 0.3 is 0 Å². The van der Waals surface area contributed by atoms with E-state index in [1.54, 1.807) is 0 Å². The number of morpholine rings is 1. The van der Waals surface area contributed by atoms with Crippen LogP contribution in [0, 0.1) is 0 Å². The van der Waals surface area contributed by atoms with Gasteiger partial charge in [0.2, 0.25) is 0 Å². The van der Waals surface area contributed by atoms with Gasteiger partial charge in [-0.2, -0.15) is 0 Å². The first kappa shape index (κ1) is 13.3. The first-order chi connectivity index (χ1) is 9.26. The zero-order valence-corrected chi connectivity index (χ0v) is 11.8. The SMILES string of the molecule is CCN1CCOC(C(=O)N2CCC3CCC(C2)N3)C1. The van der Waals surface area contributed by atoms with Crippen molar-refractivity contribution in [3.05, 3.63) is 0 Å². The molecule has 0 aromatic rings. The lowest BCUT2D eigenvalue weighted by atomic mass is 10.1. The van der Waals surface area contributed by atoms with Crippen LogP contribution in [0.4, 0.5) is 0 Å². The molecule has 0 aromatic heterocycles. The number of likely N-dealkylation sites (tertiary alicyclic amines) is 1. The fourth-order valence-corrected chi connectivity index (χ4v) is 3.49. The lowest BCUT2D eigenvalue weighted by Crippen LogP contribution is -2.52. The Kier molecular flexibility index (Phi) is 4.05. The average Bonchev–Trinajstić information content (AvgIpc) is 2.77. The van der Waals surface area contributed by atoms with Gasteiger partial charge in [0.25, 0.3) is 5.91 Å². The van der Waals surface area contributed by atoms with E-state index in [-0.39, 0.29) is 12.0 Å². The number of carbonyl (C=O) groups excluding carboxylic acids is 1. The predicted molar refractivity (Wildman–Crippen MR) is 73.0 cm³/mol. The maximum absolute atomic E-state index is 12.6. The zero-order valence-electron chi connectivity index (χ0n) is 11.8. The van der Waals surface area contributed by atoms with E-state index in [4.69, 9.17) is 4.74 Å². The Morgan fingerprint density at radius 1 is 1.21 bits per heavy atom. The quantitative estimate of drug-likeness (QED) is 0.768. The van der Waals surface area contributed by atoms with Gasteiger partial charge in [0.15, 0.2) is 0 Å². The molecule has 0 spiro atoms. The number of nitrogens with one attached hydrogen (secondary N) is 1. The van der Waals surface area contributed by atoms with Gasteiger partial charge in [0, 0.05) is 38.3 Å². The Labute approximate surface area is 115 Å². The van der Waals surface area contributed by atoms with Crippen molar-refractivity contribution in [1.82, 2.24) is 15.1 Å². The minimum Gasteiger partial charge on any atom is -0.366 e. The summed E-state index contributed by atoms with van der Waals surface area (Å²) in [5, 5.41) is 3.62. The number of amides is 1. The van der Waals surface area contributed by atoms with Crippen molar-refractivity contribution in [1.29, 1.82) is 0 Å². The number of rotatable bonds is 2. The maximum Gasteiger partial charge on any atom is 0.253 e. The molecule has 19 heavy (non-hydrogen) atoms. The molecular formula is C14H25N3O2. The largest absolute Gasteiger partial charge is 0.366 e. The Balaban J connectivity index is 1.60. The van der Waals surface area contributed by atoms with E-state index in [0.29, 0.717) is 18.7 Å². The van der Waals surface area contributed by atoms with E-state index in [0.717, 1.165) is 39.1 Å². The summed E-state index contributed by atoms with van der Waals surface area (Å²) in [7, 11) is 0. The van der Waals surface area contributed by atoms with Crippen LogP contribution in [0.15, 0.2) is 0 Å². The van der Waals surface area contributed by atoms with Crippen LogP contribution in [0.25, 0.3) is 0 Å². The fraction of sp³-hybridized carbons (Fsp3) is 0.929. The first-order valence-corrected chi connectivity index (χ1v) is 7.65. The summed E-state index contributed by atoms with van der Waals surface area (Å²) in [6, 6.07) is 1.13. The van der Waals surface area contributed by atoms with Gasteiger partial charge in [0.05, 0.1) is 6.61 Å². The van der Waals surface area contributed by atoms with Gasteiger partial charge < -0.3 is 15.0 Å². The average molecular weight is 267 g/mol. The molecule has 5 heteroatoms. The number of ether oxygens (including phenoxy) is 1. The molecule has 0 aliphatic carbocycles. The highest BCUT2D eigenvalue weighted by Crippen LogP contribution is 2.21. The second-order valence-electron chi connectivity index (χ2n) is 5.96. The first-order valence-electron chi connectivity index (χ1n) is 7.65. The zero-order chi connectivity index (χ0) is 13.2. The van der Waals surface area contributed by atoms with Crippen LogP contribution in [0.2, 0.25) is 0 Å². The molecule has 3 fully saturated rings. The van der Waals surface area contributed by atoms with Crippen molar-refractivity contribution >= 4 is 5.91 Å². The lowest BCUT2D eigenvalue weighted by Gasteiger charge is -2.35. The van der Waals surface area contributed by atoms with Gasteiger partial charge in [-0.15, -0.1) is 0 Å². The normalized spacial score (nSPS) is 36.3. The van der Waals surface area contributed by atoms with Gasteiger partial charge in [-0.3, -0.25) is 9.69 Å². The van der Waals surface area contributed by atoms with E-state index in [2.05, 4.69) is 17.1 Å². The molecule has 108 valence electrons. The van der Waals surface area contributed by atoms with Crippen LogP contribution in [0.3, 0.4) is 0 Å². The van der Waals surface area contributed by atoms with Crippen LogP contribution in [-0.4, -0.2) is 73.2 Å². The summed E-state index contributed by atoms with van der Waals surface area (Å²) >= 11 is 0. The van der Waals surface area contributed by atoms with E-state index in [1.165, 1.54) is 12.8 Å². The predicted octanol–water partition coefficient (Wildman–Crippen LogP) is 0.0600. The van der Waals surface area contributed by atoms with Gasteiger partial charge in [-0.1, -0.05) is 6.92 Å². The third-order valence-electron chi connectivity index (χ3n) is 4.71. The molecule has 5 nitrogen and oxygen atoms in total. The topological polar surface area (TPSA) is 44.8 Å². The molecule has 3 saturated heterocycles. The molecular weight excluding hydrogens is 242 g/mol. The molecule has 1 amide bonds. The Hall–Kier alpha value is -0.650. The van der Waals surface area contributed by atoms with Gasteiger partial charge in [-0.25, -0.2) is 0 Å². The number of carbonyl (C=O) groups is 1. The third-order valence-corrected chi connectivity index (χ3v) is 4.71. The Bertz CT molecular complexity index is 337. The van der Waals surface area contributed by atoms with Crippen LogP contribution in [-0.2, 0) is 9.53 Å². The second kappa shape index (κ2) is 5.77. The summed E-state index contributed by atoms with van der Waals surface area (Å²) in [6.07, 6.45) is 3.33. The molecule has 0 radical (unpaired) electrons. The summed E-state index contributed by atoms with van der Waals surface area (Å²) in [4.78, 5) is 16.9. The minimum absolute atomic E-state index is 0.201. The van der Waals surface area contributed by atoms with Crippen molar-refractivity contribution in [2.24, 2.45) is 0 Å². The molecule has 3 unspecified atom stereocenters. The maximum atomic E-state index is 12.6. The third kappa shape index (κ3) is 2.93. The summed E-state index contributed by atoms with van der Waals surface area (Å²) in [6.45, 7) is 7.28. The molecule has 1 N–H and O–H groups in total. The highest BCUT2D eigenvalue weighted by molar-refractivity contribution is 5.81. The number of hydrogen-bond acceptors (Lipinski definition) is 4. The number of hydrogen-bond donors (Lipinski definition) is 1. The molecule has 3 aliphatic rings. The minimum atomic E-state index is -0.245. The van der Waals surface area contributed by atoms with Crippen LogP contribution >= 0.6 is 0 Å². The molecule has 3 aliphatic heterocycles. The number of nitrogens with zero attached hydrogens (tertiary/aromatic N) is 2. The number of fused-ring (bicyclic) bond motifs is 2. The van der Waals surface area contributed by atoms with Crippen molar-refractivity contribution in [2.45, 2.75) is 44.4 Å². The summed E-state index contributed by atoms with van der Waals surface area (Å²) in [5.41, 5.74) is 0. The monoisotopic (exact) mass is 267 g/mol. The van der Waals surface area contributed by atoms with E-state index < -0.39 is 0 Å². The smallest absolute Gasteiger partial charge is 0.253 e. The Morgan fingerprint density at radius 2 is 2.05 bits per heavy atom. The van der Waals surface area contributed by atoms with Crippen molar-refractivity contribution in [3.63, 3.8) is 0 Å². The van der Waals surface area contributed by atoms with E-state index in [9.17, 15) is 4.79 Å². The van der Waals surface area contributed by atoms with Crippen molar-refractivity contribution < 1.29 is 9.53 Å². The Morgan fingerprint density at radius 3 is 2.89 bits per heavy atom. The van der Waals surface area contributed by atoms with Crippen LogP contribution < -0.4 is 5.32 Å². The van der Waals surface area contributed by atoms with Crippen LogP contribution in [0.1, 0.15) is 26.2 Å². The van der Waals surface area contributed by atoms with Crippen molar-refractivity contribution in [2.75, 3.05) is 39.3 Å². The molecule has 3 atom stereocenters. The van der Waals surface area contributed by atoms with E-state index >= 15 is 0 Å². The fourth-order valence-electron chi connectivity index (χ4n) is 3.49. The van der Waals surface area contributed by atoms with Crippen molar-refractivity contribution in [3.8, 4) is 0 Å². The van der Waals surface area contributed by atoms with Gasteiger partial charge in [0.1, 0.15) is 6.10 Å². The molecule has 2 bridgehead atoms. The van der Waals surface area contributed by atoms with Gasteiger partial charge in [-0.05, 0) is 25.8 Å². The van der Waals surface area contributed by atoms with E-state index in [1.807, 2.05) is 4.90 Å².